The third-order valence-corrected chi connectivity index (χ3v) is 5.28. The highest BCUT2D eigenvalue weighted by Crippen LogP contribution is 2.10. The van der Waals surface area contributed by atoms with Crippen molar-refractivity contribution in [1.29, 1.82) is 0 Å². The second kappa shape index (κ2) is 8.85. The quantitative estimate of drug-likeness (QED) is 0.613. The Morgan fingerprint density at radius 1 is 1.17 bits per heavy atom. The molecule has 1 atom stereocenters. The van der Waals surface area contributed by atoms with Crippen LogP contribution in [0.15, 0.2) is 0 Å². The summed E-state index contributed by atoms with van der Waals surface area (Å²) in [5.41, 5.74) is 0. The maximum atomic E-state index is 12.2. The fourth-order valence-corrected chi connectivity index (χ4v) is 2.95. The second-order valence-corrected chi connectivity index (χ2v) is 6.80. The van der Waals surface area contributed by atoms with E-state index in [9.17, 15) is 8.42 Å². The lowest BCUT2D eigenvalue weighted by Crippen LogP contribution is -2.44. The standard InChI is InChI=1S/C12H29N3O2S/c1-6-9-13-10-8-11-14(4)18(16,17)15(5)12(3)7-2/h12-13H,6-11H2,1-5H3. The molecule has 5 nitrogen and oxygen atoms in total. The minimum atomic E-state index is -3.30. The van der Waals surface area contributed by atoms with Gasteiger partial charge in [-0.15, -0.1) is 0 Å². The molecular weight excluding hydrogens is 250 g/mol. The molecular formula is C12H29N3O2S. The summed E-state index contributed by atoms with van der Waals surface area (Å²) >= 11 is 0. The van der Waals surface area contributed by atoms with Gasteiger partial charge in [-0.25, -0.2) is 0 Å². The molecule has 0 radical (unpaired) electrons. The topological polar surface area (TPSA) is 52.7 Å². The van der Waals surface area contributed by atoms with Gasteiger partial charge in [-0.05, 0) is 39.3 Å². The van der Waals surface area contributed by atoms with E-state index < -0.39 is 10.2 Å². The summed E-state index contributed by atoms with van der Waals surface area (Å²) in [7, 11) is -0.00918. The van der Waals surface area contributed by atoms with Gasteiger partial charge in [-0.1, -0.05) is 13.8 Å². The molecule has 0 heterocycles. The van der Waals surface area contributed by atoms with Gasteiger partial charge in [0, 0.05) is 26.7 Å². The van der Waals surface area contributed by atoms with Crippen LogP contribution in [-0.4, -0.2) is 56.8 Å². The van der Waals surface area contributed by atoms with Crippen LogP contribution in [0.5, 0.6) is 0 Å². The van der Waals surface area contributed by atoms with E-state index in [1.165, 1.54) is 8.61 Å². The minimum absolute atomic E-state index is 0.0377. The average Bonchev–Trinajstić information content (AvgIpc) is 2.36. The summed E-state index contributed by atoms with van der Waals surface area (Å²) < 4.78 is 27.3. The molecule has 0 saturated carbocycles. The van der Waals surface area contributed by atoms with Crippen molar-refractivity contribution in [3.63, 3.8) is 0 Å². The first-order valence-electron chi connectivity index (χ1n) is 6.77. The highest BCUT2D eigenvalue weighted by atomic mass is 32.2. The SMILES string of the molecule is CCCNCCCN(C)S(=O)(=O)N(C)C(C)CC. The Bertz CT molecular complexity index is 306. The van der Waals surface area contributed by atoms with E-state index in [1.807, 2.05) is 13.8 Å². The van der Waals surface area contributed by atoms with Crippen molar-refractivity contribution in [3.8, 4) is 0 Å². The zero-order valence-corrected chi connectivity index (χ0v) is 13.3. The first-order chi connectivity index (χ1) is 8.37. The molecule has 0 spiro atoms. The largest absolute Gasteiger partial charge is 0.317 e. The van der Waals surface area contributed by atoms with Crippen molar-refractivity contribution in [2.75, 3.05) is 33.7 Å². The number of nitrogens with zero attached hydrogens (tertiary/aromatic N) is 2. The molecule has 6 heteroatoms. The van der Waals surface area contributed by atoms with Gasteiger partial charge in [0.05, 0.1) is 0 Å². The maximum absolute atomic E-state index is 12.2. The summed E-state index contributed by atoms with van der Waals surface area (Å²) in [6.45, 7) is 8.44. The smallest absolute Gasteiger partial charge is 0.281 e. The van der Waals surface area contributed by atoms with Gasteiger partial charge in [0.25, 0.3) is 10.2 Å². The van der Waals surface area contributed by atoms with Crippen molar-refractivity contribution >= 4 is 10.2 Å². The summed E-state index contributed by atoms with van der Waals surface area (Å²) in [5, 5.41) is 3.27. The van der Waals surface area contributed by atoms with Crippen LogP contribution >= 0.6 is 0 Å². The predicted molar refractivity (Wildman–Crippen MR) is 76.8 cm³/mol. The van der Waals surface area contributed by atoms with Crippen LogP contribution in [0.2, 0.25) is 0 Å². The molecule has 0 aromatic carbocycles. The molecule has 0 amide bonds. The van der Waals surface area contributed by atoms with Gasteiger partial charge in [0.2, 0.25) is 0 Å². The summed E-state index contributed by atoms with van der Waals surface area (Å²) in [5.74, 6) is 0. The van der Waals surface area contributed by atoms with Gasteiger partial charge in [-0.3, -0.25) is 0 Å². The Labute approximate surface area is 113 Å². The fraction of sp³-hybridized carbons (Fsp3) is 1.00. The molecule has 0 aliphatic rings. The van der Waals surface area contributed by atoms with E-state index in [0.29, 0.717) is 6.54 Å². The highest BCUT2D eigenvalue weighted by molar-refractivity contribution is 7.86. The lowest BCUT2D eigenvalue weighted by Gasteiger charge is -2.28. The maximum Gasteiger partial charge on any atom is 0.281 e. The Balaban J connectivity index is 4.18. The highest BCUT2D eigenvalue weighted by Gasteiger charge is 2.26. The van der Waals surface area contributed by atoms with Crippen molar-refractivity contribution in [1.82, 2.24) is 13.9 Å². The van der Waals surface area contributed by atoms with Crippen molar-refractivity contribution in [2.24, 2.45) is 0 Å². The Morgan fingerprint density at radius 3 is 2.28 bits per heavy atom. The third kappa shape index (κ3) is 5.65. The van der Waals surface area contributed by atoms with Crippen LogP contribution < -0.4 is 5.32 Å². The van der Waals surface area contributed by atoms with Crippen LogP contribution in [0.4, 0.5) is 0 Å². The molecule has 0 fully saturated rings. The van der Waals surface area contributed by atoms with E-state index in [-0.39, 0.29) is 6.04 Å². The molecule has 0 aliphatic heterocycles. The van der Waals surface area contributed by atoms with E-state index in [2.05, 4.69) is 12.2 Å². The van der Waals surface area contributed by atoms with E-state index >= 15 is 0 Å². The number of hydrogen-bond donors (Lipinski definition) is 1. The fourth-order valence-electron chi connectivity index (χ4n) is 1.55. The Kier molecular flexibility index (Phi) is 8.77. The zero-order valence-electron chi connectivity index (χ0n) is 12.4. The molecule has 0 rings (SSSR count). The zero-order chi connectivity index (χ0) is 14.2. The van der Waals surface area contributed by atoms with Gasteiger partial charge in [0.15, 0.2) is 0 Å². The van der Waals surface area contributed by atoms with Crippen LogP contribution in [-0.2, 0) is 10.2 Å². The average molecular weight is 279 g/mol. The lowest BCUT2D eigenvalue weighted by molar-refractivity contribution is 0.337. The minimum Gasteiger partial charge on any atom is -0.317 e. The van der Waals surface area contributed by atoms with Crippen molar-refractivity contribution in [2.45, 2.75) is 46.1 Å². The van der Waals surface area contributed by atoms with Crippen LogP contribution in [0, 0.1) is 0 Å². The molecule has 110 valence electrons. The summed E-state index contributed by atoms with van der Waals surface area (Å²) in [4.78, 5) is 0. The molecule has 1 N–H and O–H groups in total. The Hall–Kier alpha value is -0.170. The molecule has 1 unspecified atom stereocenters. The van der Waals surface area contributed by atoms with Crippen LogP contribution in [0.25, 0.3) is 0 Å². The normalized spacial score (nSPS) is 14.4. The van der Waals surface area contributed by atoms with Crippen LogP contribution in [0.1, 0.15) is 40.0 Å². The summed E-state index contributed by atoms with van der Waals surface area (Å²) in [6, 6.07) is 0.0377. The molecule has 0 aromatic rings. The first kappa shape index (κ1) is 17.8. The molecule has 0 aliphatic carbocycles. The molecule has 0 saturated heterocycles. The second-order valence-electron chi connectivity index (χ2n) is 4.71. The predicted octanol–water partition coefficient (Wildman–Crippen LogP) is 1.28. The number of nitrogens with one attached hydrogen (secondary N) is 1. The summed E-state index contributed by atoms with van der Waals surface area (Å²) in [6.07, 6.45) is 2.76. The van der Waals surface area contributed by atoms with E-state index in [4.69, 9.17) is 0 Å². The van der Waals surface area contributed by atoms with E-state index in [0.717, 1.165) is 32.4 Å². The van der Waals surface area contributed by atoms with Gasteiger partial charge >= 0.3 is 0 Å². The van der Waals surface area contributed by atoms with Crippen molar-refractivity contribution in [3.05, 3.63) is 0 Å². The molecule has 18 heavy (non-hydrogen) atoms. The van der Waals surface area contributed by atoms with Gasteiger partial charge in [-0.2, -0.15) is 17.0 Å². The number of rotatable bonds is 10. The van der Waals surface area contributed by atoms with Crippen molar-refractivity contribution < 1.29 is 8.42 Å². The Morgan fingerprint density at radius 2 is 1.78 bits per heavy atom. The lowest BCUT2D eigenvalue weighted by atomic mass is 10.3. The third-order valence-electron chi connectivity index (χ3n) is 3.22. The molecule has 0 aromatic heterocycles. The van der Waals surface area contributed by atoms with Gasteiger partial charge in [0.1, 0.15) is 0 Å². The van der Waals surface area contributed by atoms with Gasteiger partial charge < -0.3 is 5.32 Å². The van der Waals surface area contributed by atoms with Crippen LogP contribution in [0.3, 0.4) is 0 Å². The number of hydrogen-bond acceptors (Lipinski definition) is 3. The molecule has 0 bridgehead atoms. The first-order valence-corrected chi connectivity index (χ1v) is 8.17. The van der Waals surface area contributed by atoms with E-state index in [1.54, 1.807) is 14.1 Å². The monoisotopic (exact) mass is 279 g/mol.